The van der Waals surface area contributed by atoms with E-state index in [0.717, 1.165) is 11.1 Å². The summed E-state index contributed by atoms with van der Waals surface area (Å²) in [7, 11) is 4.45. The first-order chi connectivity index (χ1) is 33.6. The number of hydrogen-bond donors (Lipinski definition) is 2. The van der Waals surface area contributed by atoms with Crippen molar-refractivity contribution in [1.29, 1.82) is 0 Å². The molecule has 6 bridgehead atoms. The van der Waals surface area contributed by atoms with E-state index in [1.165, 1.54) is 35.8 Å². The molecular formula is C49H63ClN4O16S. The highest BCUT2D eigenvalue weighted by atomic mass is 35.5. The van der Waals surface area contributed by atoms with Crippen LogP contribution in [0.3, 0.4) is 0 Å². The largest absolute Gasteiger partial charge is 0.495 e. The van der Waals surface area contributed by atoms with E-state index in [9.17, 15) is 43.5 Å². The molecule has 388 valence electrons. The molecule has 1 saturated carbocycles. The van der Waals surface area contributed by atoms with Gasteiger partial charge in [0.15, 0.2) is 5.72 Å². The lowest BCUT2D eigenvalue weighted by Crippen LogP contribution is -2.72. The summed E-state index contributed by atoms with van der Waals surface area (Å²) in [5.41, 5.74) is -2.25. The van der Waals surface area contributed by atoms with Gasteiger partial charge >= 0.3 is 18.0 Å². The summed E-state index contributed by atoms with van der Waals surface area (Å²) in [5, 5.41) is 14.5. The van der Waals surface area contributed by atoms with Crippen LogP contribution in [0.25, 0.3) is 0 Å². The Balaban J connectivity index is 0.935. The van der Waals surface area contributed by atoms with E-state index in [0.29, 0.717) is 54.4 Å². The number of likely N-dealkylation sites (tertiary alicyclic amines) is 1. The number of allylic oxidation sites excluding steroid dienone is 3. The SMILES string of the molecule is COc1cc2cc(c1Cl)N(C)C(=O)C[C@H](OC(=O)CCOCCSC1CC(=O)N(C[C@H]3CC[C@H](C(=O)ON4C(=O)CCC4=O)CC3)C1=O)[C@@]1(C)C[C@](C)(O1)[C@@H]1C[C@@](O)(NC(=O)O1)[C@H](OC)/C=C/C=C(\C)C2. The molecule has 6 amide bonds. The zero-order valence-electron chi connectivity index (χ0n) is 40.9. The number of halogens is 1. The van der Waals surface area contributed by atoms with Crippen molar-refractivity contribution < 1.29 is 76.7 Å². The Hall–Kier alpha value is -5.06. The molecule has 0 spiro atoms. The summed E-state index contributed by atoms with van der Waals surface area (Å²) in [6, 6.07) is 3.56. The number of anilines is 1. The number of nitrogens with zero attached hydrogens (tertiary/aromatic N) is 3. The molecule has 8 rings (SSSR count). The summed E-state index contributed by atoms with van der Waals surface area (Å²) in [4.78, 5) is 111. The number of methoxy groups -OCH3 is 2. The molecule has 1 unspecified atom stereocenters. The van der Waals surface area contributed by atoms with E-state index < -0.39 is 82.2 Å². The molecule has 1 aromatic carbocycles. The van der Waals surface area contributed by atoms with Crippen molar-refractivity contribution in [3.8, 4) is 5.75 Å². The average molecular weight is 1030 g/mol. The number of rotatable bonds is 14. The first kappa shape index (κ1) is 53.7. The highest BCUT2D eigenvalue weighted by Gasteiger charge is 2.63. The maximum atomic E-state index is 14.2. The van der Waals surface area contributed by atoms with Crippen LogP contribution in [0.5, 0.6) is 5.75 Å². The molecule has 7 aliphatic rings. The van der Waals surface area contributed by atoms with Gasteiger partial charge in [-0.1, -0.05) is 35.4 Å². The van der Waals surface area contributed by atoms with Crippen LogP contribution in [0, 0.1) is 11.8 Å². The lowest BCUT2D eigenvalue weighted by atomic mass is 9.72. The molecule has 7 atom stereocenters. The van der Waals surface area contributed by atoms with Crippen LogP contribution in [0.15, 0.2) is 35.9 Å². The molecule has 0 radical (unpaired) electrons. The average Bonchev–Trinajstić information content (AvgIpc) is 3.77. The predicted octanol–water partition coefficient (Wildman–Crippen LogP) is 4.49. The third-order valence-electron chi connectivity index (χ3n) is 14.1. The standard InChI is InChI=1S/C49H63ClN4O16S/c1-28-8-7-9-35(65-6)49(63)25-37(68-46(62)51-49)48(3)27-47(2,70-48)36(24-40(57)52(4)32-21-30(20-28)22-33(64-5)43(32)50)67-42(59)16-17-66-18-19-71-34-23-41(58)53(44(34)60)26-29-10-12-31(13-11-29)45(61)69-54-38(55)14-15-39(54)56/h7-9,21-22,29,31,34-37,63H,10-20,23-27H2,1-6H3,(H,51,62)/b9-7+,28-8+/t29-,31-,34?,35-,36+,37+,47-,48+,49+/m1/s1. The van der Waals surface area contributed by atoms with Crippen molar-refractivity contribution >= 4 is 76.6 Å². The minimum atomic E-state index is -1.88. The van der Waals surface area contributed by atoms with Gasteiger partial charge in [-0.15, -0.1) is 16.8 Å². The molecule has 0 aromatic heterocycles. The van der Waals surface area contributed by atoms with Gasteiger partial charge in [0.1, 0.15) is 40.3 Å². The van der Waals surface area contributed by atoms with Crippen LogP contribution in [-0.2, 0) is 68.5 Å². The molecule has 5 fully saturated rings. The molecule has 6 heterocycles. The van der Waals surface area contributed by atoms with Crippen LogP contribution in [-0.4, -0.2) is 150 Å². The molecule has 1 aromatic rings. The Labute approximate surface area is 421 Å². The van der Waals surface area contributed by atoms with E-state index in [-0.39, 0.29) is 87.5 Å². The lowest BCUT2D eigenvalue weighted by molar-refractivity contribution is -0.328. The molecule has 6 aliphatic heterocycles. The van der Waals surface area contributed by atoms with Crippen molar-refractivity contribution in [2.45, 2.75) is 138 Å². The maximum absolute atomic E-state index is 14.2. The number of thioether (sulfide) groups is 1. The molecule has 20 nitrogen and oxygen atoms in total. The third kappa shape index (κ3) is 12.2. The second-order valence-electron chi connectivity index (χ2n) is 19.5. The number of hydroxylamine groups is 2. The zero-order chi connectivity index (χ0) is 51.4. The summed E-state index contributed by atoms with van der Waals surface area (Å²) < 4.78 is 35.3. The second-order valence-corrected chi connectivity index (χ2v) is 21.2. The Bertz CT molecular complexity index is 2320. The van der Waals surface area contributed by atoms with Gasteiger partial charge in [0.2, 0.25) is 17.7 Å². The minimum absolute atomic E-state index is 0.00625. The topological polar surface area (TPSA) is 243 Å². The molecule has 22 heteroatoms. The predicted molar refractivity (Wildman–Crippen MR) is 254 cm³/mol. The van der Waals surface area contributed by atoms with Gasteiger partial charge in [-0.3, -0.25) is 39.0 Å². The van der Waals surface area contributed by atoms with E-state index >= 15 is 0 Å². The number of aliphatic hydroxyl groups is 1. The fraction of sp³-hybridized carbons (Fsp3) is 0.633. The third-order valence-corrected chi connectivity index (χ3v) is 15.7. The normalized spacial score (nSPS) is 32.7. The van der Waals surface area contributed by atoms with Crippen LogP contribution >= 0.6 is 23.4 Å². The fourth-order valence-electron chi connectivity index (χ4n) is 10.3. The first-order valence-electron chi connectivity index (χ1n) is 23.9. The second kappa shape index (κ2) is 22.4. The summed E-state index contributed by atoms with van der Waals surface area (Å²) in [6.45, 7) is 5.67. The van der Waals surface area contributed by atoms with Gasteiger partial charge in [0.05, 0.1) is 50.0 Å². The maximum Gasteiger partial charge on any atom is 0.409 e. The Kier molecular flexibility index (Phi) is 16.9. The van der Waals surface area contributed by atoms with Gasteiger partial charge in [-0.2, -0.15) is 0 Å². The van der Waals surface area contributed by atoms with Crippen molar-refractivity contribution in [3.63, 3.8) is 0 Å². The van der Waals surface area contributed by atoms with E-state index in [2.05, 4.69) is 5.32 Å². The van der Waals surface area contributed by atoms with Gasteiger partial charge in [-0.25, -0.2) is 9.59 Å². The summed E-state index contributed by atoms with van der Waals surface area (Å²) in [5.74, 6) is -3.18. The quantitative estimate of drug-likeness (QED) is 0.148. The number of hydrogen-bond acceptors (Lipinski definition) is 17. The summed E-state index contributed by atoms with van der Waals surface area (Å²) >= 11 is 8.07. The van der Waals surface area contributed by atoms with Gasteiger partial charge in [0, 0.05) is 58.6 Å². The molecular weight excluding hydrogens is 968 g/mol. The zero-order valence-corrected chi connectivity index (χ0v) is 42.4. The number of imide groups is 2. The van der Waals surface area contributed by atoms with Gasteiger partial charge in [0.25, 0.3) is 11.8 Å². The van der Waals surface area contributed by atoms with Crippen LogP contribution < -0.4 is 15.0 Å². The van der Waals surface area contributed by atoms with Gasteiger partial charge in [-0.05, 0) is 76.5 Å². The van der Waals surface area contributed by atoms with Crippen molar-refractivity contribution in [1.82, 2.24) is 15.3 Å². The highest BCUT2D eigenvalue weighted by molar-refractivity contribution is 8.00. The Morgan fingerprint density at radius 3 is 2.34 bits per heavy atom. The number of alkyl carbamates (subject to hydrolysis) is 1. The Morgan fingerprint density at radius 1 is 0.958 bits per heavy atom. The van der Waals surface area contributed by atoms with Crippen LogP contribution in [0.1, 0.15) is 97.0 Å². The minimum Gasteiger partial charge on any atom is -0.495 e. The molecule has 4 saturated heterocycles. The van der Waals surface area contributed by atoms with E-state index in [4.69, 9.17) is 44.9 Å². The number of amides is 6. The van der Waals surface area contributed by atoms with E-state index in [1.54, 1.807) is 45.2 Å². The molecule has 2 N–H and O–H groups in total. The number of esters is 1. The number of nitrogens with one attached hydrogen (secondary N) is 1. The molecule has 71 heavy (non-hydrogen) atoms. The Morgan fingerprint density at radius 2 is 1.66 bits per heavy atom. The van der Waals surface area contributed by atoms with E-state index in [1.807, 2.05) is 13.0 Å². The number of carbonyl (C=O) groups excluding carboxylic acids is 8. The monoisotopic (exact) mass is 1030 g/mol. The van der Waals surface area contributed by atoms with Crippen molar-refractivity contribution in [3.05, 3.63) is 46.5 Å². The number of benzene rings is 1. The van der Waals surface area contributed by atoms with Crippen molar-refractivity contribution in [2.75, 3.05) is 51.7 Å². The summed E-state index contributed by atoms with van der Waals surface area (Å²) in [6.07, 6.45) is 3.26. The lowest BCUT2D eigenvalue weighted by Gasteiger charge is -2.59. The number of ether oxygens (including phenoxy) is 6. The van der Waals surface area contributed by atoms with Crippen molar-refractivity contribution in [2.24, 2.45) is 11.8 Å². The number of carbonyl (C=O) groups is 8. The van der Waals surface area contributed by atoms with Gasteiger partial charge < -0.3 is 43.3 Å². The smallest absolute Gasteiger partial charge is 0.409 e. The molecule has 1 aliphatic carbocycles. The van der Waals surface area contributed by atoms with Crippen LogP contribution in [0.4, 0.5) is 10.5 Å². The fourth-order valence-corrected chi connectivity index (χ4v) is 11.6. The highest BCUT2D eigenvalue weighted by Crippen LogP contribution is 2.50. The number of fused-ring (bicyclic) bond motifs is 6. The first-order valence-corrected chi connectivity index (χ1v) is 25.3. The van der Waals surface area contributed by atoms with Crippen LogP contribution in [0.2, 0.25) is 5.02 Å².